The molecule has 1 aromatic heterocycles. The lowest BCUT2D eigenvalue weighted by Gasteiger charge is -2.11. The van der Waals surface area contributed by atoms with Gasteiger partial charge in [-0.25, -0.2) is 0 Å². The molecule has 0 saturated heterocycles. The summed E-state index contributed by atoms with van der Waals surface area (Å²) in [7, 11) is 3.45. The van der Waals surface area contributed by atoms with Gasteiger partial charge < -0.3 is 14.8 Å². The zero-order valence-electron chi connectivity index (χ0n) is 12.8. The van der Waals surface area contributed by atoms with Crippen molar-refractivity contribution in [3.8, 4) is 0 Å². The Kier molecular flexibility index (Phi) is 7.05. The zero-order chi connectivity index (χ0) is 14.3. The van der Waals surface area contributed by atoms with Gasteiger partial charge in [0, 0.05) is 26.5 Å². The van der Waals surface area contributed by atoms with Crippen molar-refractivity contribution in [1.82, 2.24) is 15.1 Å². The predicted octanol–water partition coefficient (Wildman–Crippen LogP) is 1.31. The van der Waals surface area contributed by atoms with E-state index in [0.29, 0.717) is 0 Å². The number of hydrogen-bond donors (Lipinski definition) is 1. The molecule has 1 unspecified atom stereocenters. The molecule has 1 atom stereocenters. The van der Waals surface area contributed by atoms with Crippen LogP contribution in [0.25, 0.3) is 0 Å². The molecule has 5 heteroatoms. The molecule has 19 heavy (non-hydrogen) atoms. The fraction of sp³-hybridized carbons (Fsp3) is 0.786. The van der Waals surface area contributed by atoms with Gasteiger partial charge in [0.1, 0.15) is 0 Å². The summed E-state index contributed by atoms with van der Waals surface area (Å²) in [4.78, 5) is 0. The number of nitrogens with zero attached hydrogens (tertiary/aromatic N) is 2. The van der Waals surface area contributed by atoms with Crippen LogP contribution in [0.1, 0.15) is 23.9 Å². The van der Waals surface area contributed by atoms with Gasteiger partial charge in [-0.2, -0.15) is 5.10 Å². The van der Waals surface area contributed by atoms with Crippen LogP contribution in [0.3, 0.4) is 0 Å². The summed E-state index contributed by atoms with van der Waals surface area (Å²) in [6, 6.07) is 0. The van der Waals surface area contributed by atoms with Crippen LogP contribution in [0.4, 0.5) is 0 Å². The molecular formula is C14H27N3O2. The molecule has 0 aliphatic rings. The number of ether oxygens (including phenoxy) is 2. The number of nitrogens with one attached hydrogen (secondary N) is 1. The lowest BCUT2D eigenvalue weighted by Crippen LogP contribution is -2.22. The van der Waals surface area contributed by atoms with E-state index in [2.05, 4.69) is 31.2 Å². The standard InChI is InChI=1S/C14H27N3O2/c1-11(19-5)10-17-13(3)14(12(2)16-17)6-7-15-8-9-18-4/h11,15H,6-10H2,1-5H3. The van der Waals surface area contributed by atoms with E-state index in [1.54, 1.807) is 14.2 Å². The molecule has 0 spiro atoms. The molecule has 5 nitrogen and oxygen atoms in total. The monoisotopic (exact) mass is 269 g/mol. The second-order valence-corrected chi connectivity index (χ2v) is 4.87. The van der Waals surface area contributed by atoms with Gasteiger partial charge in [0.25, 0.3) is 0 Å². The van der Waals surface area contributed by atoms with Crippen LogP contribution in [0.15, 0.2) is 0 Å². The molecule has 0 bridgehead atoms. The molecular weight excluding hydrogens is 242 g/mol. The summed E-state index contributed by atoms with van der Waals surface area (Å²) in [5.41, 5.74) is 3.71. The molecule has 1 N–H and O–H groups in total. The first kappa shape index (κ1) is 16.1. The fourth-order valence-electron chi connectivity index (χ4n) is 2.10. The first-order valence-electron chi connectivity index (χ1n) is 6.85. The van der Waals surface area contributed by atoms with E-state index in [4.69, 9.17) is 9.47 Å². The Morgan fingerprint density at radius 1 is 1.26 bits per heavy atom. The molecule has 1 heterocycles. The highest BCUT2D eigenvalue weighted by Crippen LogP contribution is 2.14. The highest BCUT2D eigenvalue weighted by molar-refractivity contribution is 5.24. The third-order valence-corrected chi connectivity index (χ3v) is 3.40. The first-order chi connectivity index (χ1) is 9.10. The summed E-state index contributed by atoms with van der Waals surface area (Å²) in [6.45, 7) is 9.67. The third-order valence-electron chi connectivity index (χ3n) is 3.40. The Morgan fingerprint density at radius 3 is 2.63 bits per heavy atom. The van der Waals surface area contributed by atoms with Crippen LogP contribution in [-0.4, -0.2) is 49.8 Å². The molecule has 0 aromatic carbocycles. The summed E-state index contributed by atoms with van der Waals surface area (Å²) in [5.74, 6) is 0. The van der Waals surface area contributed by atoms with Crippen LogP contribution in [0.5, 0.6) is 0 Å². The smallest absolute Gasteiger partial charge is 0.0739 e. The van der Waals surface area contributed by atoms with E-state index in [1.807, 2.05) is 4.68 Å². The summed E-state index contributed by atoms with van der Waals surface area (Å²) in [5, 5.41) is 7.96. The van der Waals surface area contributed by atoms with Crippen LogP contribution < -0.4 is 5.32 Å². The molecule has 0 radical (unpaired) electrons. The van der Waals surface area contributed by atoms with Gasteiger partial charge >= 0.3 is 0 Å². The average Bonchev–Trinajstić information content (AvgIpc) is 2.65. The molecule has 0 fully saturated rings. The number of aromatic nitrogens is 2. The topological polar surface area (TPSA) is 48.3 Å². The maximum absolute atomic E-state index is 5.30. The van der Waals surface area contributed by atoms with Gasteiger partial charge in [-0.1, -0.05) is 0 Å². The van der Waals surface area contributed by atoms with E-state index >= 15 is 0 Å². The van der Waals surface area contributed by atoms with Crippen LogP contribution >= 0.6 is 0 Å². The molecule has 1 rings (SSSR count). The third kappa shape index (κ3) is 4.93. The highest BCUT2D eigenvalue weighted by Gasteiger charge is 2.12. The van der Waals surface area contributed by atoms with Crippen molar-refractivity contribution in [1.29, 1.82) is 0 Å². The van der Waals surface area contributed by atoms with Gasteiger partial charge in [0.15, 0.2) is 0 Å². The van der Waals surface area contributed by atoms with Crippen molar-refractivity contribution in [2.75, 3.05) is 33.9 Å². The molecule has 0 aliphatic heterocycles. The summed E-state index contributed by atoms with van der Waals surface area (Å²) in [6.07, 6.45) is 1.19. The molecule has 0 amide bonds. The van der Waals surface area contributed by atoms with Crippen molar-refractivity contribution >= 4 is 0 Å². The lowest BCUT2D eigenvalue weighted by molar-refractivity contribution is 0.0991. The van der Waals surface area contributed by atoms with Crippen molar-refractivity contribution < 1.29 is 9.47 Å². The van der Waals surface area contributed by atoms with Gasteiger partial charge in [-0.3, -0.25) is 4.68 Å². The molecule has 1 aromatic rings. The second-order valence-electron chi connectivity index (χ2n) is 4.87. The summed E-state index contributed by atoms with van der Waals surface area (Å²) >= 11 is 0. The number of hydrogen-bond acceptors (Lipinski definition) is 4. The minimum Gasteiger partial charge on any atom is -0.383 e. The predicted molar refractivity (Wildman–Crippen MR) is 76.6 cm³/mol. The Balaban J connectivity index is 2.54. The van der Waals surface area contributed by atoms with Gasteiger partial charge in [-0.15, -0.1) is 0 Å². The van der Waals surface area contributed by atoms with Crippen LogP contribution in [-0.2, 0) is 22.4 Å². The van der Waals surface area contributed by atoms with Gasteiger partial charge in [-0.05, 0) is 39.3 Å². The van der Waals surface area contributed by atoms with Crippen molar-refractivity contribution in [2.24, 2.45) is 0 Å². The van der Waals surface area contributed by atoms with E-state index in [1.165, 1.54) is 11.3 Å². The average molecular weight is 269 g/mol. The van der Waals surface area contributed by atoms with Crippen molar-refractivity contribution in [3.05, 3.63) is 17.0 Å². The second kappa shape index (κ2) is 8.30. The summed E-state index contributed by atoms with van der Waals surface area (Å²) < 4.78 is 12.4. The number of rotatable bonds is 9. The van der Waals surface area contributed by atoms with Gasteiger partial charge in [0.05, 0.1) is 24.9 Å². The maximum Gasteiger partial charge on any atom is 0.0739 e. The highest BCUT2D eigenvalue weighted by atomic mass is 16.5. The van der Waals surface area contributed by atoms with Crippen LogP contribution in [0.2, 0.25) is 0 Å². The van der Waals surface area contributed by atoms with Crippen molar-refractivity contribution in [3.63, 3.8) is 0 Å². The van der Waals surface area contributed by atoms with E-state index in [9.17, 15) is 0 Å². The normalized spacial score (nSPS) is 12.9. The van der Waals surface area contributed by atoms with E-state index in [-0.39, 0.29) is 6.10 Å². The Bertz CT molecular complexity index is 377. The quantitative estimate of drug-likeness (QED) is 0.687. The van der Waals surface area contributed by atoms with Crippen molar-refractivity contribution in [2.45, 2.75) is 39.8 Å². The Morgan fingerprint density at radius 2 is 2.00 bits per heavy atom. The zero-order valence-corrected chi connectivity index (χ0v) is 12.8. The fourth-order valence-corrected chi connectivity index (χ4v) is 2.10. The minimum absolute atomic E-state index is 0.186. The van der Waals surface area contributed by atoms with E-state index < -0.39 is 0 Å². The van der Waals surface area contributed by atoms with E-state index in [0.717, 1.165) is 38.4 Å². The molecule has 0 saturated carbocycles. The lowest BCUT2D eigenvalue weighted by atomic mass is 10.1. The largest absolute Gasteiger partial charge is 0.383 e. The number of methoxy groups -OCH3 is 2. The van der Waals surface area contributed by atoms with Crippen LogP contribution in [0, 0.1) is 13.8 Å². The minimum atomic E-state index is 0.186. The van der Waals surface area contributed by atoms with Gasteiger partial charge in [0.2, 0.25) is 0 Å². The number of aryl methyl sites for hydroxylation is 1. The molecule has 0 aliphatic carbocycles. The Labute approximate surface area is 116 Å². The molecule has 110 valence electrons. The first-order valence-corrected chi connectivity index (χ1v) is 6.85. The SMILES string of the molecule is COCCNCCc1c(C)nn(CC(C)OC)c1C. The Hall–Kier alpha value is -0.910. The maximum atomic E-state index is 5.30.